The zero-order valence-electron chi connectivity index (χ0n) is 9.78. The highest BCUT2D eigenvalue weighted by Crippen LogP contribution is 2.29. The molecular formula is C13H15Cl3N2. The van der Waals surface area contributed by atoms with Crippen LogP contribution in [0, 0.1) is 0 Å². The molecule has 0 bridgehead atoms. The normalized spacial score (nSPS) is 14.1. The lowest BCUT2D eigenvalue weighted by Crippen LogP contribution is -2.12. The van der Waals surface area contributed by atoms with Crippen molar-refractivity contribution in [3.63, 3.8) is 0 Å². The van der Waals surface area contributed by atoms with Gasteiger partial charge in [-0.15, -0.1) is 24.8 Å². The highest BCUT2D eigenvalue weighted by atomic mass is 35.5. The van der Waals surface area contributed by atoms with Crippen molar-refractivity contribution in [1.29, 1.82) is 0 Å². The lowest BCUT2D eigenvalue weighted by molar-refractivity contribution is 0.680. The minimum absolute atomic E-state index is 0. The van der Waals surface area contributed by atoms with Crippen LogP contribution in [0.2, 0.25) is 5.02 Å². The van der Waals surface area contributed by atoms with Gasteiger partial charge < -0.3 is 5.32 Å². The fourth-order valence-corrected chi connectivity index (χ4v) is 2.58. The number of halogens is 3. The lowest BCUT2D eigenvalue weighted by Gasteiger charge is -2.10. The molecule has 0 fully saturated rings. The molecule has 3 rings (SSSR count). The number of pyridine rings is 1. The molecule has 0 amide bonds. The van der Waals surface area contributed by atoms with Crippen LogP contribution in [-0.4, -0.2) is 11.5 Å². The molecule has 1 aliphatic rings. The van der Waals surface area contributed by atoms with Gasteiger partial charge in [0.25, 0.3) is 0 Å². The van der Waals surface area contributed by atoms with Crippen LogP contribution in [-0.2, 0) is 13.0 Å². The number of aryl methyl sites for hydroxylation is 1. The van der Waals surface area contributed by atoms with E-state index in [0.29, 0.717) is 0 Å². The summed E-state index contributed by atoms with van der Waals surface area (Å²) in [6.45, 7) is 1.88. The molecule has 18 heavy (non-hydrogen) atoms. The smallest absolute Gasteiger partial charge is 0.0720 e. The topological polar surface area (TPSA) is 24.9 Å². The van der Waals surface area contributed by atoms with Crippen molar-refractivity contribution in [3.8, 4) is 0 Å². The van der Waals surface area contributed by atoms with Crippen molar-refractivity contribution in [2.24, 2.45) is 0 Å². The minimum atomic E-state index is 0. The molecule has 2 heterocycles. The molecule has 0 saturated heterocycles. The third kappa shape index (κ3) is 2.72. The maximum atomic E-state index is 6.45. The zero-order valence-corrected chi connectivity index (χ0v) is 12.2. The van der Waals surface area contributed by atoms with Crippen LogP contribution < -0.4 is 5.32 Å². The van der Waals surface area contributed by atoms with Crippen LogP contribution in [0.4, 0.5) is 0 Å². The molecule has 0 spiro atoms. The van der Waals surface area contributed by atoms with Gasteiger partial charge in [0.1, 0.15) is 0 Å². The molecular weight excluding hydrogens is 291 g/mol. The Morgan fingerprint density at radius 1 is 1.17 bits per heavy atom. The van der Waals surface area contributed by atoms with E-state index >= 15 is 0 Å². The fourth-order valence-electron chi connectivity index (χ4n) is 2.24. The first-order valence-electron chi connectivity index (χ1n) is 5.63. The highest BCUT2D eigenvalue weighted by Gasteiger charge is 2.14. The minimum Gasteiger partial charge on any atom is -0.313 e. The van der Waals surface area contributed by atoms with Crippen molar-refractivity contribution in [3.05, 3.63) is 40.5 Å². The molecule has 0 aliphatic carbocycles. The van der Waals surface area contributed by atoms with Crippen molar-refractivity contribution in [2.75, 3.05) is 6.54 Å². The summed E-state index contributed by atoms with van der Waals surface area (Å²) in [6, 6.07) is 8.08. The quantitative estimate of drug-likeness (QED) is 0.801. The number of aromatic nitrogens is 1. The van der Waals surface area contributed by atoms with Crippen LogP contribution in [0.1, 0.15) is 17.7 Å². The van der Waals surface area contributed by atoms with E-state index in [-0.39, 0.29) is 24.8 Å². The summed E-state index contributed by atoms with van der Waals surface area (Å²) in [5.41, 5.74) is 3.35. The number of nitrogens with one attached hydrogen (secondary N) is 1. The first kappa shape index (κ1) is 15.5. The van der Waals surface area contributed by atoms with Crippen molar-refractivity contribution in [1.82, 2.24) is 10.3 Å². The van der Waals surface area contributed by atoms with Gasteiger partial charge >= 0.3 is 0 Å². The molecule has 0 atom stereocenters. The van der Waals surface area contributed by atoms with E-state index in [1.54, 1.807) is 0 Å². The first-order valence-corrected chi connectivity index (χ1v) is 6.01. The van der Waals surface area contributed by atoms with Crippen LogP contribution >= 0.6 is 36.4 Å². The van der Waals surface area contributed by atoms with Gasteiger partial charge in [-0.1, -0.05) is 29.8 Å². The van der Waals surface area contributed by atoms with Gasteiger partial charge in [-0.25, -0.2) is 0 Å². The summed E-state index contributed by atoms with van der Waals surface area (Å²) in [4.78, 5) is 4.71. The average molecular weight is 306 g/mol. The average Bonchev–Trinajstić information content (AvgIpc) is 2.55. The molecule has 0 unspecified atom stereocenters. The monoisotopic (exact) mass is 304 g/mol. The predicted octanol–water partition coefficient (Wildman–Crippen LogP) is 3.77. The third-order valence-corrected chi connectivity index (χ3v) is 3.51. The number of hydrogen-bond donors (Lipinski definition) is 1. The lowest BCUT2D eigenvalue weighted by atomic mass is 10.1. The summed E-state index contributed by atoms with van der Waals surface area (Å²) in [5, 5.41) is 5.32. The molecule has 1 N–H and O–H groups in total. The Morgan fingerprint density at radius 3 is 2.78 bits per heavy atom. The van der Waals surface area contributed by atoms with Crippen LogP contribution in [0.3, 0.4) is 0 Å². The second-order valence-electron chi connectivity index (χ2n) is 4.15. The second-order valence-corrected chi connectivity index (χ2v) is 4.53. The molecule has 1 aromatic heterocycles. The van der Waals surface area contributed by atoms with E-state index in [9.17, 15) is 0 Å². The van der Waals surface area contributed by atoms with Gasteiger partial charge in [0.15, 0.2) is 0 Å². The number of nitrogens with zero attached hydrogens (tertiary/aromatic N) is 1. The maximum Gasteiger partial charge on any atom is 0.0720 e. The van der Waals surface area contributed by atoms with E-state index in [1.807, 2.05) is 24.3 Å². The van der Waals surface area contributed by atoms with Gasteiger partial charge in [-0.05, 0) is 25.5 Å². The van der Waals surface area contributed by atoms with Crippen molar-refractivity contribution >= 4 is 47.3 Å². The van der Waals surface area contributed by atoms with E-state index < -0.39 is 0 Å². The summed E-state index contributed by atoms with van der Waals surface area (Å²) in [6.07, 6.45) is 2.15. The summed E-state index contributed by atoms with van der Waals surface area (Å²) >= 11 is 6.45. The second kappa shape index (κ2) is 6.58. The Kier molecular flexibility index (Phi) is 5.67. The molecule has 5 heteroatoms. The molecule has 2 nitrogen and oxygen atoms in total. The Balaban J connectivity index is 0.000000810. The summed E-state index contributed by atoms with van der Waals surface area (Å²) < 4.78 is 0. The third-order valence-electron chi connectivity index (χ3n) is 3.08. The van der Waals surface area contributed by atoms with Gasteiger partial charge in [-0.2, -0.15) is 0 Å². The zero-order chi connectivity index (χ0) is 11.0. The van der Waals surface area contributed by atoms with Crippen molar-refractivity contribution < 1.29 is 0 Å². The fraction of sp³-hybridized carbons (Fsp3) is 0.308. The van der Waals surface area contributed by atoms with Gasteiger partial charge in [0.2, 0.25) is 0 Å². The Morgan fingerprint density at radius 2 is 1.94 bits per heavy atom. The number of fused-ring (bicyclic) bond motifs is 2. The van der Waals surface area contributed by atoms with E-state index in [4.69, 9.17) is 16.6 Å². The standard InChI is InChI=1S/C13H13ClN2.2ClH/c14-13-9-4-1-2-5-11(9)16-12-6-3-7-15-8-10(12)13;;/h1-2,4-5,15H,3,6-8H2;2*1H. The highest BCUT2D eigenvalue weighted by molar-refractivity contribution is 6.36. The largest absolute Gasteiger partial charge is 0.313 e. The van der Waals surface area contributed by atoms with Crippen LogP contribution in [0.25, 0.3) is 10.9 Å². The number of benzene rings is 1. The SMILES string of the molecule is Cl.Cl.Clc1c2c(nc3ccccc13)CCCNC2. The van der Waals surface area contributed by atoms with E-state index in [1.165, 1.54) is 5.56 Å². The molecule has 0 radical (unpaired) electrons. The summed E-state index contributed by atoms with van der Waals surface area (Å²) in [7, 11) is 0. The molecule has 98 valence electrons. The Labute approximate surface area is 124 Å². The molecule has 0 saturated carbocycles. The predicted molar refractivity (Wildman–Crippen MR) is 81.3 cm³/mol. The maximum absolute atomic E-state index is 6.45. The summed E-state index contributed by atoms with van der Waals surface area (Å²) in [5.74, 6) is 0. The van der Waals surface area contributed by atoms with E-state index in [2.05, 4.69) is 5.32 Å². The van der Waals surface area contributed by atoms with Crippen LogP contribution in [0.5, 0.6) is 0 Å². The Bertz CT molecular complexity index is 543. The number of para-hydroxylation sites is 1. The van der Waals surface area contributed by atoms with Gasteiger partial charge in [0.05, 0.1) is 10.5 Å². The molecule has 1 aliphatic heterocycles. The van der Waals surface area contributed by atoms with Crippen molar-refractivity contribution in [2.45, 2.75) is 19.4 Å². The Hall–Kier alpha value is -0.540. The van der Waals surface area contributed by atoms with E-state index in [0.717, 1.165) is 47.6 Å². The van der Waals surface area contributed by atoms with Crippen LogP contribution in [0.15, 0.2) is 24.3 Å². The van der Waals surface area contributed by atoms with Gasteiger partial charge in [-0.3, -0.25) is 4.98 Å². The number of rotatable bonds is 0. The molecule has 2 aromatic rings. The number of hydrogen-bond acceptors (Lipinski definition) is 2. The first-order chi connectivity index (χ1) is 7.86. The molecule has 1 aromatic carbocycles. The van der Waals surface area contributed by atoms with Gasteiger partial charge in [0, 0.05) is 23.2 Å².